The van der Waals surface area contributed by atoms with Gasteiger partial charge in [-0.15, -0.1) is 0 Å². The van der Waals surface area contributed by atoms with Crippen molar-refractivity contribution in [2.45, 2.75) is 17.4 Å². The molecule has 2 heterocycles. The highest BCUT2D eigenvalue weighted by Gasteiger charge is 2.42. The highest BCUT2D eigenvalue weighted by atomic mass is 35.5. The van der Waals surface area contributed by atoms with E-state index in [0.717, 1.165) is 21.0 Å². The summed E-state index contributed by atoms with van der Waals surface area (Å²) in [6.07, 6.45) is 1.81. The van der Waals surface area contributed by atoms with E-state index in [-0.39, 0.29) is 17.2 Å². The Balaban J connectivity index is 1.69. The van der Waals surface area contributed by atoms with Crippen molar-refractivity contribution < 1.29 is 22.8 Å². The molecule has 0 spiro atoms. The van der Waals surface area contributed by atoms with Crippen LogP contribution in [0.4, 0.5) is 0 Å². The number of hydrogen-bond acceptors (Lipinski definition) is 5. The summed E-state index contributed by atoms with van der Waals surface area (Å²) in [5.41, 5.74) is 4.01. The molecule has 150 valence electrons. The van der Waals surface area contributed by atoms with Gasteiger partial charge in [0.2, 0.25) is 10.0 Å². The second-order valence-electron chi connectivity index (χ2n) is 6.59. The van der Waals surface area contributed by atoms with Crippen LogP contribution in [-0.4, -0.2) is 30.4 Å². The van der Waals surface area contributed by atoms with Crippen LogP contribution in [-0.2, 0) is 21.2 Å². The SMILES string of the molecule is O=C(NO)C1c2occc2CCN1S(=O)(=O)c1ccc(-c2ccc(Cl)cc2)cc1. The maximum absolute atomic E-state index is 13.2. The van der Waals surface area contributed by atoms with Crippen molar-refractivity contribution in [3.63, 3.8) is 0 Å². The Morgan fingerprint density at radius 2 is 1.69 bits per heavy atom. The number of benzene rings is 2. The molecular weight excluding hydrogens is 416 g/mol. The summed E-state index contributed by atoms with van der Waals surface area (Å²) < 4.78 is 32.9. The first-order chi connectivity index (χ1) is 13.9. The van der Waals surface area contributed by atoms with Crippen molar-refractivity contribution in [2.24, 2.45) is 0 Å². The molecule has 9 heteroatoms. The lowest BCUT2D eigenvalue weighted by Gasteiger charge is -2.32. The van der Waals surface area contributed by atoms with Crippen LogP contribution in [0, 0.1) is 0 Å². The Kier molecular flexibility index (Phi) is 5.18. The van der Waals surface area contributed by atoms with Crippen LogP contribution < -0.4 is 5.48 Å². The van der Waals surface area contributed by atoms with Gasteiger partial charge in [0.25, 0.3) is 5.91 Å². The highest BCUT2D eigenvalue weighted by molar-refractivity contribution is 7.89. The van der Waals surface area contributed by atoms with Crippen LogP contribution in [0.25, 0.3) is 11.1 Å². The number of carbonyl (C=O) groups excluding carboxylic acids is 1. The van der Waals surface area contributed by atoms with Gasteiger partial charge < -0.3 is 4.42 Å². The summed E-state index contributed by atoms with van der Waals surface area (Å²) in [6.45, 7) is 0.0892. The second-order valence-corrected chi connectivity index (χ2v) is 8.91. The van der Waals surface area contributed by atoms with Crippen molar-refractivity contribution in [2.75, 3.05) is 6.54 Å². The second kappa shape index (κ2) is 7.64. The van der Waals surface area contributed by atoms with E-state index in [2.05, 4.69) is 0 Å². The topological polar surface area (TPSA) is 99.8 Å². The standard InChI is InChI=1S/C20H17ClN2O5S/c21-16-5-1-13(2-6-16)14-3-7-17(8-4-14)29(26,27)23-11-9-15-10-12-28-19(15)18(23)20(24)22-25/h1-8,10,12,18,25H,9,11H2,(H,22,24). The van der Waals surface area contributed by atoms with Crippen LogP contribution in [0.1, 0.15) is 17.4 Å². The first-order valence-corrected chi connectivity index (χ1v) is 10.6. The first kappa shape index (κ1) is 19.7. The summed E-state index contributed by atoms with van der Waals surface area (Å²) in [7, 11) is -4.01. The number of halogens is 1. The minimum absolute atomic E-state index is 0.0426. The number of hydrogen-bond donors (Lipinski definition) is 2. The van der Waals surface area contributed by atoms with Gasteiger partial charge in [-0.25, -0.2) is 13.9 Å². The van der Waals surface area contributed by atoms with Crippen molar-refractivity contribution >= 4 is 27.5 Å². The van der Waals surface area contributed by atoms with Gasteiger partial charge in [0, 0.05) is 11.6 Å². The molecule has 0 saturated carbocycles. The monoisotopic (exact) mass is 432 g/mol. The third-order valence-electron chi connectivity index (χ3n) is 4.92. The Morgan fingerprint density at radius 1 is 1.07 bits per heavy atom. The van der Waals surface area contributed by atoms with Crippen LogP contribution in [0.2, 0.25) is 5.02 Å². The molecule has 3 aromatic rings. The smallest absolute Gasteiger partial charge is 0.269 e. The third kappa shape index (κ3) is 3.56. The largest absolute Gasteiger partial charge is 0.467 e. The Hall–Kier alpha value is -2.65. The van der Waals surface area contributed by atoms with Crippen LogP contribution >= 0.6 is 11.6 Å². The minimum atomic E-state index is -4.01. The summed E-state index contributed by atoms with van der Waals surface area (Å²) in [6, 6.07) is 14.0. The first-order valence-electron chi connectivity index (χ1n) is 8.80. The van der Waals surface area contributed by atoms with Gasteiger partial charge in [0.15, 0.2) is 6.04 Å². The molecule has 1 atom stereocenters. The fraction of sp³-hybridized carbons (Fsp3) is 0.150. The van der Waals surface area contributed by atoms with Gasteiger partial charge in [0.1, 0.15) is 5.76 Å². The number of carbonyl (C=O) groups is 1. The third-order valence-corrected chi connectivity index (χ3v) is 7.05. The fourth-order valence-electron chi connectivity index (χ4n) is 3.45. The molecule has 0 aliphatic carbocycles. The number of rotatable bonds is 4. The van der Waals surface area contributed by atoms with Gasteiger partial charge in [-0.1, -0.05) is 35.9 Å². The van der Waals surface area contributed by atoms with E-state index in [1.807, 2.05) is 12.1 Å². The Bertz CT molecular complexity index is 1140. The molecule has 1 aliphatic rings. The number of furan rings is 1. The van der Waals surface area contributed by atoms with Crippen molar-refractivity contribution in [1.82, 2.24) is 9.79 Å². The molecule has 2 aromatic carbocycles. The van der Waals surface area contributed by atoms with Gasteiger partial charge in [-0.2, -0.15) is 4.31 Å². The molecule has 1 unspecified atom stereocenters. The number of amides is 1. The lowest BCUT2D eigenvalue weighted by Crippen LogP contribution is -2.46. The molecule has 0 radical (unpaired) electrons. The van der Waals surface area contributed by atoms with Crippen molar-refractivity contribution in [3.05, 3.63) is 77.2 Å². The number of nitrogens with one attached hydrogen (secondary N) is 1. The average molecular weight is 433 g/mol. The van der Waals surface area contributed by atoms with Gasteiger partial charge in [-0.3, -0.25) is 10.0 Å². The molecule has 0 bridgehead atoms. The molecule has 7 nitrogen and oxygen atoms in total. The summed E-state index contributed by atoms with van der Waals surface area (Å²) in [5, 5.41) is 9.73. The molecule has 1 aliphatic heterocycles. The summed E-state index contributed by atoms with van der Waals surface area (Å²) in [4.78, 5) is 12.3. The summed E-state index contributed by atoms with van der Waals surface area (Å²) >= 11 is 5.91. The van der Waals surface area contributed by atoms with E-state index in [1.54, 1.807) is 30.3 Å². The molecule has 0 fully saturated rings. The average Bonchev–Trinajstić information content (AvgIpc) is 3.22. The number of fused-ring (bicyclic) bond motifs is 1. The molecule has 29 heavy (non-hydrogen) atoms. The van der Waals surface area contributed by atoms with Crippen molar-refractivity contribution in [3.8, 4) is 11.1 Å². The normalized spacial score (nSPS) is 17.0. The predicted molar refractivity (Wildman–Crippen MR) is 106 cm³/mol. The number of nitrogens with zero attached hydrogens (tertiary/aromatic N) is 1. The van der Waals surface area contributed by atoms with E-state index in [9.17, 15) is 13.2 Å². The zero-order valence-corrected chi connectivity index (χ0v) is 16.7. The van der Waals surface area contributed by atoms with E-state index < -0.39 is 22.0 Å². The summed E-state index contributed by atoms with van der Waals surface area (Å²) in [5.74, 6) is -0.661. The van der Waals surface area contributed by atoms with E-state index in [4.69, 9.17) is 21.2 Å². The van der Waals surface area contributed by atoms with Gasteiger partial charge >= 0.3 is 0 Å². The van der Waals surface area contributed by atoms with Crippen LogP contribution in [0.15, 0.2) is 70.2 Å². The molecular formula is C20H17ClN2O5S. The molecule has 0 saturated heterocycles. The lowest BCUT2D eigenvalue weighted by molar-refractivity contribution is -0.134. The zero-order valence-electron chi connectivity index (χ0n) is 15.1. The lowest BCUT2D eigenvalue weighted by atomic mass is 10.0. The number of sulfonamides is 1. The van der Waals surface area contributed by atoms with E-state index >= 15 is 0 Å². The maximum Gasteiger partial charge on any atom is 0.269 e. The quantitative estimate of drug-likeness (QED) is 0.486. The Labute approximate surface area is 172 Å². The fourth-order valence-corrected chi connectivity index (χ4v) is 5.13. The molecule has 2 N–H and O–H groups in total. The van der Waals surface area contributed by atoms with Crippen LogP contribution in [0.3, 0.4) is 0 Å². The van der Waals surface area contributed by atoms with E-state index in [1.165, 1.54) is 23.9 Å². The van der Waals surface area contributed by atoms with Gasteiger partial charge in [0.05, 0.1) is 11.2 Å². The van der Waals surface area contributed by atoms with Gasteiger partial charge in [-0.05, 0) is 53.4 Å². The minimum Gasteiger partial charge on any atom is -0.467 e. The zero-order chi connectivity index (χ0) is 20.6. The Morgan fingerprint density at radius 3 is 2.31 bits per heavy atom. The maximum atomic E-state index is 13.2. The molecule has 1 amide bonds. The number of hydroxylamine groups is 1. The van der Waals surface area contributed by atoms with E-state index in [0.29, 0.717) is 11.4 Å². The molecule has 1 aromatic heterocycles. The molecule has 4 rings (SSSR count). The van der Waals surface area contributed by atoms with Crippen LogP contribution in [0.5, 0.6) is 0 Å². The predicted octanol–water partition coefficient (Wildman–Crippen LogP) is 3.39. The highest BCUT2D eigenvalue weighted by Crippen LogP contribution is 2.35. The van der Waals surface area contributed by atoms with Crippen molar-refractivity contribution in [1.29, 1.82) is 0 Å².